The van der Waals surface area contributed by atoms with Gasteiger partial charge in [0.15, 0.2) is 0 Å². The fourth-order valence-electron chi connectivity index (χ4n) is 1.07. The number of hydrogen-bond acceptors (Lipinski definition) is 2. The van der Waals surface area contributed by atoms with E-state index in [1.165, 1.54) is 12.1 Å². The van der Waals surface area contributed by atoms with Crippen LogP contribution < -0.4 is 5.32 Å². The van der Waals surface area contributed by atoms with E-state index in [0.29, 0.717) is 5.56 Å². The van der Waals surface area contributed by atoms with Gasteiger partial charge in [0.1, 0.15) is 12.4 Å². The highest BCUT2D eigenvalue weighted by molar-refractivity contribution is 6.30. The van der Waals surface area contributed by atoms with E-state index < -0.39 is 24.2 Å². The molecule has 0 aromatic heterocycles. The normalized spacial score (nSPS) is 9.88. The van der Waals surface area contributed by atoms with E-state index in [-0.39, 0.29) is 11.4 Å². The van der Waals surface area contributed by atoms with Gasteiger partial charge in [-0.1, -0.05) is 17.7 Å². The van der Waals surface area contributed by atoms with Crippen molar-refractivity contribution >= 4 is 23.5 Å². The Morgan fingerprint density at radius 3 is 2.69 bits per heavy atom. The molecule has 0 bridgehead atoms. The molecule has 4 nitrogen and oxygen atoms in total. The lowest BCUT2D eigenvalue weighted by atomic mass is 10.1. The Balaban J connectivity index is 2.56. The van der Waals surface area contributed by atoms with Crippen molar-refractivity contribution in [3.8, 4) is 0 Å². The highest BCUT2D eigenvalue weighted by Crippen LogP contribution is 2.15. The van der Waals surface area contributed by atoms with Gasteiger partial charge in [0, 0.05) is 0 Å². The van der Waals surface area contributed by atoms with Crippen LogP contribution >= 0.6 is 11.6 Å². The smallest absolute Gasteiger partial charge is 0.322 e. The number of aliphatic carboxylic acids is 1. The zero-order valence-corrected chi connectivity index (χ0v) is 8.92. The number of nitrogens with one attached hydrogen (secondary N) is 1. The first-order valence-corrected chi connectivity index (χ1v) is 4.79. The number of carbonyl (C=O) groups excluding carboxylic acids is 1. The van der Waals surface area contributed by atoms with Crippen LogP contribution in [0.1, 0.15) is 5.56 Å². The van der Waals surface area contributed by atoms with Crippen LogP contribution in [0, 0.1) is 5.82 Å². The quantitative estimate of drug-likeness (QED) is 0.838. The average Bonchev–Trinajstić information content (AvgIpc) is 2.21. The first kappa shape index (κ1) is 12.4. The van der Waals surface area contributed by atoms with Crippen molar-refractivity contribution < 1.29 is 19.1 Å². The monoisotopic (exact) mass is 245 g/mol. The highest BCUT2D eigenvalue weighted by atomic mass is 35.5. The van der Waals surface area contributed by atoms with Crippen molar-refractivity contribution in [2.24, 2.45) is 0 Å². The average molecular weight is 246 g/mol. The molecule has 16 heavy (non-hydrogen) atoms. The van der Waals surface area contributed by atoms with Gasteiger partial charge in [0.25, 0.3) is 0 Å². The summed E-state index contributed by atoms with van der Waals surface area (Å²) >= 11 is 5.47. The number of amides is 1. The maximum absolute atomic E-state index is 13.0. The molecule has 1 aromatic carbocycles. The van der Waals surface area contributed by atoms with Gasteiger partial charge >= 0.3 is 5.97 Å². The molecule has 6 heteroatoms. The van der Waals surface area contributed by atoms with Gasteiger partial charge in [-0.15, -0.1) is 0 Å². The van der Waals surface area contributed by atoms with Crippen LogP contribution in [-0.4, -0.2) is 23.5 Å². The van der Waals surface area contributed by atoms with Crippen molar-refractivity contribution in [2.45, 2.75) is 6.42 Å². The van der Waals surface area contributed by atoms with Gasteiger partial charge in [-0.3, -0.25) is 9.59 Å². The standard InChI is InChI=1S/C10H9ClFNO3/c11-7-2-1-6(3-8(7)12)4-9(14)13-5-10(15)16/h1-3H,4-5H2,(H,13,14)(H,15,16). The minimum absolute atomic E-state index is 0.0188. The second-order valence-electron chi connectivity index (χ2n) is 3.10. The lowest BCUT2D eigenvalue weighted by Gasteiger charge is -2.03. The third-order valence-electron chi connectivity index (χ3n) is 1.79. The molecule has 0 heterocycles. The van der Waals surface area contributed by atoms with E-state index >= 15 is 0 Å². The lowest BCUT2D eigenvalue weighted by Crippen LogP contribution is -2.30. The molecule has 0 atom stereocenters. The maximum Gasteiger partial charge on any atom is 0.322 e. The number of hydrogen-bond donors (Lipinski definition) is 2. The number of carboxylic acids is 1. The minimum Gasteiger partial charge on any atom is -0.480 e. The van der Waals surface area contributed by atoms with Gasteiger partial charge in [0.2, 0.25) is 5.91 Å². The van der Waals surface area contributed by atoms with Crippen molar-refractivity contribution in [2.75, 3.05) is 6.54 Å². The Morgan fingerprint density at radius 2 is 2.12 bits per heavy atom. The zero-order valence-electron chi connectivity index (χ0n) is 8.17. The zero-order chi connectivity index (χ0) is 12.1. The summed E-state index contributed by atoms with van der Waals surface area (Å²) in [6.07, 6.45) is -0.0820. The third-order valence-corrected chi connectivity index (χ3v) is 2.09. The van der Waals surface area contributed by atoms with E-state index in [1.54, 1.807) is 0 Å². The summed E-state index contributed by atoms with van der Waals surface area (Å²) in [6, 6.07) is 3.99. The molecule has 0 saturated heterocycles. The number of carboxylic acid groups (broad SMARTS) is 1. The predicted octanol–water partition coefficient (Wildman–Crippen LogP) is 1.22. The summed E-state index contributed by atoms with van der Waals surface area (Å²) in [7, 11) is 0. The van der Waals surface area contributed by atoms with Gasteiger partial charge in [-0.05, 0) is 17.7 Å². The number of halogens is 2. The number of carbonyl (C=O) groups is 2. The van der Waals surface area contributed by atoms with Crippen LogP contribution in [0.3, 0.4) is 0 Å². The van der Waals surface area contributed by atoms with Gasteiger partial charge in [0.05, 0.1) is 11.4 Å². The fraction of sp³-hybridized carbons (Fsp3) is 0.200. The first-order chi connectivity index (χ1) is 7.49. The van der Waals surface area contributed by atoms with Gasteiger partial charge in [-0.25, -0.2) is 4.39 Å². The van der Waals surface area contributed by atoms with E-state index in [1.807, 2.05) is 0 Å². The molecule has 1 amide bonds. The minimum atomic E-state index is -1.13. The largest absolute Gasteiger partial charge is 0.480 e. The molecular formula is C10H9ClFNO3. The van der Waals surface area contributed by atoms with Crippen molar-refractivity contribution in [3.63, 3.8) is 0 Å². The molecule has 0 aliphatic rings. The van der Waals surface area contributed by atoms with Gasteiger partial charge < -0.3 is 10.4 Å². The topological polar surface area (TPSA) is 66.4 Å². The molecule has 0 unspecified atom stereocenters. The Morgan fingerprint density at radius 1 is 1.44 bits per heavy atom. The van der Waals surface area contributed by atoms with Crippen LogP contribution in [0.2, 0.25) is 5.02 Å². The molecule has 2 N–H and O–H groups in total. The fourth-order valence-corrected chi connectivity index (χ4v) is 1.19. The Kier molecular flexibility index (Phi) is 4.25. The molecule has 0 radical (unpaired) electrons. The van der Waals surface area contributed by atoms with Crippen LogP contribution in [-0.2, 0) is 16.0 Å². The first-order valence-electron chi connectivity index (χ1n) is 4.41. The van der Waals surface area contributed by atoms with E-state index in [2.05, 4.69) is 5.32 Å². The summed E-state index contributed by atoms with van der Waals surface area (Å²) in [6.45, 7) is -0.449. The molecule has 86 valence electrons. The Hall–Kier alpha value is -1.62. The number of rotatable bonds is 4. The summed E-state index contributed by atoms with van der Waals surface area (Å²) in [5, 5.41) is 10.5. The summed E-state index contributed by atoms with van der Waals surface area (Å²) in [5.41, 5.74) is 0.435. The molecule has 0 aliphatic carbocycles. The summed E-state index contributed by atoms with van der Waals surface area (Å²) in [4.78, 5) is 21.3. The van der Waals surface area contributed by atoms with Crippen molar-refractivity contribution in [1.29, 1.82) is 0 Å². The van der Waals surface area contributed by atoms with Crippen LogP contribution in [0.15, 0.2) is 18.2 Å². The molecule has 1 aromatic rings. The van der Waals surface area contributed by atoms with Crippen molar-refractivity contribution in [3.05, 3.63) is 34.6 Å². The van der Waals surface area contributed by atoms with Crippen LogP contribution in [0.5, 0.6) is 0 Å². The molecule has 0 aliphatic heterocycles. The summed E-state index contributed by atoms with van der Waals surface area (Å²) in [5.74, 6) is -2.22. The molecule has 1 rings (SSSR count). The molecule has 0 spiro atoms. The Bertz CT molecular complexity index is 423. The molecule has 0 saturated carbocycles. The van der Waals surface area contributed by atoms with Crippen LogP contribution in [0.25, 0.3) is 0 Å². The van der Waals surface area contributed by atoms with Crippen molar-refractivity contribution in [1.82, 2.24) is 5.32 Å². The lowest BCUT2D eigenvalue weighted by molar-refractivity contribution is -0.137. The molecule has 0 fully saturated rings. The SMILES string of the molecule is O=C(O)CNC(=O)Cc1ccc(Cl)c(F)c1. The maximum atomic E-state index is 13.0. The number of benzene rings is 1. The summed E-state index contributed by atoms with van der Waals surface area (Å²) < 4.78 is 13.0. The predicted molar refractivity (Wildman–Crippen MR) is 55.8 cm³/mol. The second-order valence-corrected chi connectivity index (χ2v) is 3.50. The molecular weight excluding hydrogens is 237 g/mol. The van der Waals surface area contributed by atoms with E-state index in [9.17, 15) is 14.0 Å². The second kappa shape index (κ2) is 5.46. The third kappa shape index (κ3) is 3.86. The van der Waals surface area contributed by atoms with Gasteiger partial charge in [-0.2, -0.15) is 0 Å². The van der Waals surface area contributed by atoms with E-state index in [0.717, 1.165) is 6.07 Å². The van der Waals surface area contributed by atoms with E-state index in [4.69, 9.17) is 16.7 Å². The Labute approximate surface area is 96.0 Å². The highest BCUT2D eigenvalue weighted by Gasteiger charge is 2.07. The van der Waals surface area contributed by atoms with Crippen LogP contribution in [0.4, 0.5) is 4.39 Å².